The second-order valence-corrected chi connectivity index (χ2v) is 8.33. The second-order valence-electron chi connectivity index (χ2n) is 6.44. The number of hydrogen-bond acceptors (Lipinski definition) is 4. The molecule has 156 valence electrons. The Morgan fingerprint density at radius 2 is 1.60 bits per heavy atom. The maximum absolute atomic E-state index is 14.4. The lowest BCUT2D eigenvalue weighted by Gasteiger charge is -2.20. The van der Waals surface area contributed by atoms with E-state index in [0.29, 0.717) is 5.75 Å². The van der Waals surface area contributed by atoms with Crippen LogP contribution in [0.2, 0.25) is 0 Å². The minimum absolute atomic E-state index is 0.197. The van der Waals surface area contributed by atoms with E-state index in [0.717, 1.165) is 29.3 Å². The van der Waals surface area contributed by atoms with E-state index >= 15 is 0 Å². The molecule has 0 aliphatic carbocycles. The molecule has 3 aromatic rings. The molecular weight excluding hydrogens is 407 g/mol. The largest absolute Gasteiger partial charge is 0.497 e. The van der Waals surface area contributed by atoms with E-state index in [1.165, 1.54) is 7.05 Å². The minimum atomic E-state index is -3.82. The fourth-order valence-corrected chi connectivity index (χ4v) is 3.73. The van der Waals surface area contributed by atoms with Crippen LogP contribution >= 0.6 is 0 Å². The predicted octanol–water partition coefficient (Wildman–Crippen LogP) is 3.26. The molecule has 30 heavy (non-hydrogen) atoms. The van der Waals surface area contributed by atoms with Gasteiger partial charge in [0, 0.05) is 0 Å². The zero-order valence-electron chi connectivity index (χ0n) is 16.4. The van der Waals surface area contributed by atoms with E-state index in [-0.39, 0.29) is 10.5 Å². The van der Waals surface area contributed by atoms with Crippen molar-refractivity contribution in [3.63, 3.8) is 0 Å². The summed E-state index contributed by atoms with van der Waals surface area (Å²) in [5, 5.41) is 2.81. The van der Waals surface area contributed by atoms with Crippen LogP contribution in [0.4, 0.5) is 4.39 Å². The maximum atomic E-state index is 14.4. The summed E-state index contributed by atoms with van der Waals surface area (Å²) >= 11 is 0. The van der Waals surface area contributed by atoms with Crippen molar-refractivity contribution < 1.29 is 22.3 Å². The van der Waals surface area contributed by atoms with Crippen LogP contribution in [0.3, 0.4) is 0 Å². The van der Waals surface area contributed by atoms with Gasteiger partial charge in [0.1, 0.15) is 11.6 Å². The summed E-state index contributed by atoms with van der Waals surface area (Å²) in [4.78, 5) is 12.7. The first kappa shape index (κ1) is 21.5. The number of carbonyl (C=O) groups excluding carboxylic acids is 1. The van der Waals surface area contributed by atoms with Crippen LogP contribution in [0.25, 0.3) is 0 Å². The Bertz CT molecular complexity index is 1130. The summed E-state index contributed by atoms with van der Waals surface area (Å²) < 4.78 is 45.8. The van der Waals surface area contributed by atoms with Gasteiger partial charge in [0.2, 0.25) is 10.0 Å². The molecule has 6 nitrogen and oxygen atoms in total. The second kappa shape index (κ2) is 9.06. The molecule has 1 atom stereocenters. The van der Waals surface area contributed by atoms with Crippen molar-refractivity contribution in [1.29, 1.82) is 0 Å². The SMILES string of the molecule is CNS(=O)(=O)c1ccc(F)c(C(=O)NC(c2ccccc2)c2ccc(OC)cc2)c1. The van der Waals surface area contributed by atoms with E-state index in [1.54, 1.807) is 31.4 Å². The van der Waals surface area contributed by atoms with Crippen LogP contribution < -0.4 is 14.8 Å². The number of sulfonamides is 1. The van der Waals surface area contributed by atoms with Crippen LogP contribution in [-0.4, -0.2) is 28.5 Å². The first-order chi connectivity index (χ1) is 14.4. The third-order valence-electron chi connectivity index (χ3n) is 4.62. The number of nitrogens with one attached hydrogen (secondary N) is 2. The number of halogens is 1. The molecule has 0 aliphatic rings. The molecule has 1 unspecified atom stereocenters. The summed E-state index contributed by atoms with van der Waals surface area (Å²) in [7, 11) is -1.02. The minimum Gasteiger partial charge on any atom is -0.497 e. The highest BCUT2D eigenvalue weighted by molar-refractivity contribution is 7.89. The van der Waals surface area contributed by atoms with Crippen LogP contribution in [0, 0.1) is 5.82 Å². The molecule has 0 aromatic heterocycles. The summed E-state index contributed by atoms with van der Waals surface area (Å²) in [6, 6.07) is 18.8. The molecule has 3 aromatic carbocycles. The average molecular weight is 428 g/mol. The first-order valence-corrected chi connectivity index (χ1v) is 10.6. The number of carbonyl (C=O) groups is 1. The fraction of sp³-hybridized carbons (Fsp3) is 0.136. The molecule has 0 fully saturated rings. The lowest BCUT2D eigenvalue weighted by molar-refractivity contribution is 0.0938. The van der Waals surface area contributed by atoms with Gasteiger partial charge in [-0.25, -0.2) is 17.5 Å². The Morgan fingerprint density at radius 1 is 0.967 bits per heavy atom. The molecule has 0 heterocycles. The van der Waals surface area contributed by atoms with Gasteiger partial charge in [-0.3, -0.25) is 4.79 Å². The van der Waals surface area contributed by atoms with Crippen molar-refractivity contribution in [3.05, 3.63) is 95.3 Å². The molecule has 8 heteroatoms. The van der Waals surface area contributed by atoms with E-state index in [1.807, 2.05) is 30.3 Å². The lowest BCUT2D eigenvalue weighted by Crippen LogP contribution is -2.30. The summed E-state index contributed by atoms with van der Waals surface area (Å²) in [6.07, 6.45) is 0. The Morgan fingerprint density at radius 3 is 2.20 bits per heavy atom. The van der Waals surface area contributed by atoms with Crippen molar-refractivity contribution in [1.82, 2.24) is 10.0 Å². The Labute approximate surface area is 174 Å². The standard InChI is InChI=1S/C22H21FN2O4S/c1-24-30(27,28)18-12-13-20(23)19(14-18)22(26)25-21(15-6-4-3-5-7-15)16-8-10-17(29-2)11-9-16/h3-14,21,24H,1-2H3,(H,25,26). The Balaban J connectivity index is 1.99. The smallest absolute Gasteiger partial charge is 0.255 e. The first-order valence-electron chi connectivity index (χ1n) is 9.08. The van der Waals surface area contributed by atoms with Gasteiger partial charge in [0.25, 0.3) is 5.91 Å². The monoisotopic (exact) mass is 428 g/mol. The van der Waals surface area contributed by atoms with Crippen molar-refractivity contribution in [2.75, 3.05) is 14.2 Å². The molecule has 2 N–H and O–H groups in total. The topological polar surface area (TPSA) is 84.5 Å². The average Bonchev–Trinajstić information content (AvgIpc) is 2.78. The number of ether oxygens (including phenoxy) is 1. The van der Waals surface area contributed by atoms with Gasteiger partial charge in [-0.1, -0.05) is 42.5 Å². The third-order valence-corrected chi connectivity index (χ3v) is 6.03. The molecule has 3 rings (SSSR count). The molecule has 0 spiro atoms. The van der Waals surface area contributed by atoms with E-state index in [4.69, 9.17) is 4.74 Å². The number of methoxy groups -OCH3 is 1. The summed E-state index contributed by atoms with van der Waals surface area (Å²) in [5.74, 6) is -0.887. The highest BCUT2D eigenvalue weighted by Gasteiger charge is 2.22. The molecular formula is C22H21FN2O4S. The van der Waals surface area contributed by atoms with Crippen molar-refractivity contribution in [2.45, 2.75) is 10.9 Å². The third kappa shape index (κ3) is 4.67. The fourth-order valence-electron chi connectivity index (χ4n) is 2.97. The van der Waals surface area contributed by atoms with Gasteiger partial charge in [-0.2, -0.15) is 0 Å². The lowest BCUT2D eigenvalue weighted by atomic mass is 9.98. The highest BCUT2D eigenvalue weighted by Crippen LogP contribution is 2.25. The quantitative estimate of drug-likeness (QED) is 0.605. The van der Waals surface area contributed by atoms with Crippen LogP contribution in [0.15, 0.2) is 77.7 Å². The van der Waals surface area contributed by atoms with Gasteiger partial charge in [-0.15, -0.1) is 0 Å². The normalized spacial score (nSPS) is 12.2. The van der Waals surface area contributed by atoms with Gasteiger partial charge in [0.15, 0.2) is 0 Å². The Hall–Kier alpha value is -3.23. The number of hydrogen-bond donors (Lipinski definition) is 2. The van der Waals surface area contributed by atoms with E-state index in [2.05, 4.69) is 10.0 Å². The number of benzene rings is 3. The number of amides is 1. The van der Waals surface area contributed by atoms with Gasteiger partial charge in [-0.05, 0) is 48.5 Å². The summed E-state index contributed by atoms with van der Waals surface area (Å²) in [5.41, 5.74) is 1.19. The molecule has 0 radical (unpaired) electrons. The Kier molecular flexibility index (Phi) is 6.49. The van der Waals surface area contributed by atoms with Crippen LogP contribution in [0.1, 0.15) is 27.5 Å². The van der Waals surface area contributed by atoms with Crippen LogP contribution in [0.5, 0.6) is 5.75 Å². The number of rotatable bonds is 7. The van der Waals surface area contributed by atoms with E-state index < -0.39 is 27.8 Å². The van der Waals surface area contributed by atoms with Crippen LogP contribution in [-0.2, 0) is 10.0 Å². The molecule has 1 amide bonds. The predicted molar refractivity (Wildman–Crippen MR) is 111 cm³/mol. The van der Waals surface area contributed by atoms with Crippen molar-refractivity contribution in [2.24, 2.45) is 0 Å². The molecule has 0 saturated carbocycles. The molecule has 0 aliphatic heterocycles. The molecule has 0 saturated heterocycles. The van der Waals surface area contributed by atoms with E-state index in [9.17, 15) is 17.6 Å². The highest BCUT2D eigenvalue weighted by atomic mass is 32.2. The van der Waals surface area contributed by atoms with Gasteiger partial charge in [0.05, 0.1) is 23.6 Å². The zero-order valence-corrected chi connectivity index (χ0v) is 17.2. The zero-order chi connectivity index (χ0) is 21.7. The van der Waals surface area contributed by atoms with Gasteiger partial charge >= 0.3 is 0 Å². The van der Waals surface area contributed by atoms with Gasteiger partial charge < -0.3 is 10.1 Å². The van der Waals surface area contributed by atoms with Crippen molar-refractivity contribution >= 4 is 15.9 Å². The maximum Gasteiger partial charge on any atom is 0.255 e. The molecule has 0 bridgehead atoms. The summed E-state index contributed by atoms with van der Waals surface area (Å²) in [6.45, 7) is 0. The van der Waals surface area contributed by atoms with Crippen molar-refractivity contribution in [3.8, 4) is 5.75 Å².